The van der Waals surface area contributed by atoms with Crippen LogP contribution in [0.25, 0.3) is 0 Å². The maximum absolute atomic E-state index is 12.6. The van der Waals surface area contributed by atoms with E-state index in [-0.39, 0.29) is 41.8 Å². The van der Waals surface area contributed by atoms with Crippen LogP contribution in [-0.4, -0.2) is 71.7 Å². The fourth-order valence-corrected chi connectivity index (χ4v) is 8.69. The van der Waals surface area contributed by atoms with Gasteiger partial charge in [0.15, 0.2) is 17.5 Å². The molecule has 5 rings (SSSR count). The summed E-state index contributed by atoms with van der Waals surface area (Å²) in [4.78, 5) is 16.7. The Bertz CT molecular complexity index is 1330. The number of ether oxygens (including phenoxy) is 2. The first kappa shape index (κ1) is 35.3. The summed E-state index contributed by atoms with van der Waals surface area (Å²) >= 11 is 0. The van der Waals surface area contributed by atoms with Crippen molar-refractivity contribution in [2.75, 3.05) is 20.1 Å². The number of hydrogen-bond acceptors (Lipinski definition) is 8. The van der Waals surface area contributed by atoms with E-state index in [0.29, 0.717) is 49.5 Å². The van der Waals surface area contributed by atoms with Crippen LogP contribution in [0.1, 0.15) is 102 Å². The third-order valence-electron chi connectivity index (χ3n) is 11.6. The van der Waals surface area contributed by atoms with Gasteiger partial charge in [-0.1, -0.05) is 38.0 Å². The number of nitrogens with one attached hydrogen (secondary N) is 2. The van der Waals surface area contributed by atoms with Crippen LogP contribution in [0.2, 0.25) is 0 Å². The number of benzene rings is 1. The van der Waals surface area contributed by atoms with Crippen molar-refractivity contribution in [3.05, 3.63) is 23.3 Å². The molecule has 0 aromatic heterocycles. The van der Waals surface area contributed by atoms with Crippen molar-refractivity contribution < 1.29 is 29.6 Å². The van der Waals surface area contributed by atoms with Gasteiger partial charge in [-0.3, -0.25) is 9.79 Å². The summed E-state index contributed by atoms with van der Waals surface area (Å²) in [5, 5.41) is 39.9. The van der Waals surface area contributed by atoms with Crippen LogP contribution in [0.15, 0.2) is 17.1 Å². The molecule has 1 aromatic carbocycles. The van der Waals surface area contributed by atoms with E-state index in [1.54, 1.807) is 13.1 Å². The fourth-order valence-electron chi connectivity index (χ4n) is 8.69. The van der Waals surface area contributed by atoms with E-state index in [4.69, 9.17) is 15.2 Å². The van der Waals surface area contributed by atoms with E-state index in [0.717, 1.165) is 69.9 Å². The molecule has 1 aromatic rings. The number of carbonyl (C=O) groups excluding carboxylic acids is 1. The monoisotopic (exact) mass is 652 g/mol. The summed E-state index contributed by atoms with van der Waals surface area (Å²) in [7, 11) is 1.67. The number of phenolic OH excluding ortho intramolecular Hbond substituents is 1. The molecule has 0 spiro atoms. The SMILES string of the molecule is CN=C(N)NC[C@]1(C2(C)CCCC2)C#C[C@@H]2CCC[C@H]3C[C@H](CCN3)Oc3cc(c(CO)cc3O)C[C@@H]2[C@H](OC(C)=O)C[C@@H](O)CC1. The number of nitrogens with zero attached hydrogens (tertiary/aromatic N) is 1. The van der Waals surface area contributed by atoms with Gasteiger partial charge in [-0.05, 0) is 93.0 Å². The number of esters is 1. The third-order valence-corrected chi connectivity index (χ3v) is 11.6. The number of nitrogens with two attached hydrogens (primary N) is 1. The zero-order valence-electron chi connectivity index (χ0n) is 28.5. The van der Waals surface area contributed by atoms with Gasteiger partial charge in [-0.15, -0.1) is 0 Å². The second-order valence-electron chi connectivity index (χ2n) is 14.7. The van der Waals surface area contributed by atoms with Crippen molar-refractivity contribution >= 4 is 11.9 Å². The Hall–Kier alpha value is -3.00. The minimum Gasteiger partial charge on any atom is -0.504 e. The van der Waals surface area contributed by atoms with Crippen molar-refractivity contribution in [3.8, 4) is 23.3 Å². The smallest absolute Gasteiger partial charge is 0.302 e. The molecular weight excluding hydrogens is 596 g/mol. The van der Waals surface area contributed by atoms with E-state index in [2.05, 4.69) is 34.4 Å². The first-order chi connectivity index (χ1) is 22.5. The second-order valence-corrected chi connectivity index (χ2v) is 14.7. The highest BCUT2D eigenvalue weighted by atomic mass is 16.5. The molecule has 1 saturated heterocycles. The molecule has 2 heterocycles. The Labute approximate surface area is 280 Å². The molecule has 10 heteroatoms. The first-order valence-electron chi connectivity index (χ1n) is 17.7. The zero-order chi connectivity index (χ0) is 33.6. The standard InChI is InChI=1S/C37H56N4O6/c1-24(43)46-33-21-29(44)10-15-37(23-41-35(38)39-3,36(2)12-4-5-13-36)14-9-25-7-6-8-28-20-30(11-16-40-28)47-34-19-26(17-31(25)33)27(22-42)18-32(34)45/h18-19,25,28-31,33,40,42,44-45H,4-8,10-13,15-17,20-23H2,1-3H3,(H3,38,39,41)/t25-,28-,29-,30-,31-,33+,37-/m0/s1. The summed E-state index contributed by atoms with van der Waals surface area (Å²) in [6.07, 6.45) is 9.38. The second kappa shape index (κ2) is 15.5. The minimum absolute atomic E-state index is 0.00833. The Morgan fingerprint density at radius 3 is 2.68 bits per heavy atom. The molecule has 7 N–H and O–H groups in total. The lowest BCUT2D eigenvalue weighted by molar-refractivity contribution is -0.152. The lowest BCUT2D eigenvalue weighted by Crippen LogP contribution is -2.49. The number of guanidine groups is 1. The van der Waals surface area contributed by atoms with Crippen molar-refractivity contribution in [3.63, 3.8) is 0 Å². The lowest BCUT2D eigenvalue weighted by Gasteiger charge is -2.45. The molecule has 2 aliphatic heterocycles. The van der Waals surface area contributed by atoms with Crippen LogP contribution in [0.5, 0.6) is 11.5 Å². The van der Waals surface area contributed by atoms with Gasteiger partial charge in [-0.25, -0.2) is 0 Å². The number of aliphatic hydroxyl groups excluding tert-OH is 2. The summed E-state index contributed by atoms with van der Waals surface area (Å²) < 4.78 is 12.4. The Morgan fingerprint density at radius 2 is 1.96 bits per heavy atom. The molecule has 10 nitrogen and oxygen atoms in total. The van der Waals surface area contributed by atoms with Crippen molar-refractivity contribution in [2.45, 2.75) is 128 Å². The van der Waals surface area contributed by atoms with Gasteiger partial charge in [0, 0.05) is 44.8 Å². The average molecular weight is 653 g/mol. The Morgan fingerprint density at radius 1 is 1.17 bits per heavy atom. The minimum atomic E-state index is -0.703. The molecule has 2 aliphatic carbocycles. The van der Waals surface area contributed by atoms with Crippen molar-refractivity contribution in [1.29, 1.82) is 0 Å². The highest BCUT2D eigenvalue weighted by molar-refractivity contribution is 5.77. The number of hydrogen-bond donors (Lipinski definition) is 6. The van der Waals surface area contributed by atoms with Crippen LogP contribution >= 0.6 is 0 Å². The number of rotatable bonds is 5. The van der Waals surface area contributed by atoms with Crippen LogP contribution < -0.4 is 21.1 Å². The third kappa shape index (κ3) is 8.36. The number of aromatic hydroxyl groups is 1. The maximum atomic E-state index is 12.6. The lowest BCUT2D eigenvalue weighted by atomic mass is 9.60. The van der Waals surface area contributed by atoms with Gasteiger partial charge >= 0.3 is 5.97 Å². The molecule has 0 amide bonds. The molecule has 4 bridgehead atoms. The van der Waals surface area contributed by atoms with Gasteiger partial charge in [0.05, 0.1) is 18.1 Å². The van der Waals surface area contributed by atoms with Crippen molar-refractivity contribution in [1.82, 2.24) is 10.6 Å². The number of piperidine rings is 1. The summed E-state index contributed by atoms with van der Waals surface area (Å²) in [6, 6.07) is 3.72. The molecule has 47 heavy (non-hydrogen) atoms. The van der Waals surface area contributed by atoms with E-state index < -0.39 is 23.6 Å². The maximum Gasteiger partial charge on any atom is 0.302 e. The number of carbonyl (C=O) groups is 1. The molecule has 7 atom stereocenters. The zero-order valence-corrected chi connectivity index (χ0v) is 28.5. The largest absolute Gasteiger partial charge is 0.504 e. The van der Waals surface area contributed by atoms with E-state index in [9.17, 15) is 20.1 Å². The van der Waals surface area contributed by atoms with E-state index in [1.807, 2.05) is 6.07 Å². The summed E-state index contributed by atoms with van der Waals surface area (Å²) in [5.41, 5.74) is 7.08. The fraction of sp³-hybridized carbons (Fsp3) is 0.730. The van der Waals surface area contributed by atoms with Crippen LogP contribution in [0, 0.1) is 34.5 Å². The topological polar surface area (TPSA) is 159 Å². The van der Waals surface area contributed by atoms with Crippen molar-refractivity contribution in [2.24, 2.45) is 33.4 Å². The van der Waals surface area contributed by atoms with Crippen LogP contribution in [0.3, 0.4) is 0 Å². The van der Waals surface area contributed by atoms with Gasteiger partial charge in [0.25, 0.3) is 0 Å². The number of phenols is 1. The van der Waals surface area contributed by atoms with E-state index in [1.165, 1.54) is 6.92 Å². The molecule has 0 unspecified atom stereocenters. The molecule has 0 radical (unpaired) electrons. The number of aliphatic imine (C=N–C) groups is 1. The summed E-state index contributed by atoms with van der Waals surface area (Å²) in [5.74, 6) is 7.66. The van der Waals surface area contributed by atoms with Crippen LogP contribution in [0.4, 0.5) is 0 Å². The first-order valence-corrected chi connectivity index (χ1v) is 17.7. The summed E-state index contributed by atoms with van der Waals surface area (Å²) in [6.45, 7) is 4.89. The highest BCUT2D eigenvalue weighted by Gasteiger charge is 2.49. The quantitative estimate of drug-likeness (QED) is 0.120. The molecule has 1 saturated carbocycles. The predicted molar refractivity (Wildman–Crippen MR) is 182 cm³/mol. The molecule has 260 valence electrons. The van der Waals surface area contributed by atoms with Crippen LogP contribution in [-0.2, 0) is 22.6 Å². The number of fused-ring (bicyclic) bond motifs is 5. The normalized spacial score (nSPS) is 32.9. The molecule has 4 aliphatic rings. The Kier molecular flexibility index (Phi) is 11.6. The average Bonchev–Trinajstić information content (AvgIpc) is 3.50. The van der Waals surface area contributed by atoms with Gasteiger partial charge in [-0.2, -0.15) is 0 Å². The van der Waals surface area contributed by atoms with Gasteiger partial charge in [0.2, 0.25) is 0 Å². The van der Waals surface area contributed by atoms with Gasteiger partial charge < -0.3 is 41.2 Å². The van der Waals surface area contributed by atoms with Gasteiger partial charge in [0.1, 0.15) is 12.2 Å². The number of aliphatic hydroxyl groups is 2. The van der Waals surface area contributed by atoms with E-state index >= 15 is 0 Å². The highest BCUT2D eigenvalue weighted by Crippen LogP contribution is 2.54. The molecular formula is C37H56N4O6. The molecule has 2 fully saturated rings. The predicted octanol–water partition coefficient (Wildman–Crippen LogP) is 3.92. The Balaban J connectivity index is 1.65.